The number of alkyl halides is 3. The topological polar surface area (TPSA) is 106 Å². The number of hydrogen-bond donors (Lipinski definition) is 4. The summed E-state index contributed by atoms with van der Waals surface area (Å²) >= 11 is 6.05. The highest BCUT2D eigenvalue weighted by atomic mass is 35.5. The Hall–Kier alpha value is -3.54. The van der Waals surface area contributed by atoms with E-state index in [1.54, 1.807) is 19.1 Å². The van der Waals surface area contributed by atoms with Crippen molar-refractivity contribution in [1.29, 1.82) is 0 Å². The maximum atomic E-state index is 13.9. The molecule has 12 heteroatoms. The summed E-state index contributed by atoms with van der Waals surface area (Å²) in [5, 5.41) is 5.39. The Balaban J connectivity index is 1.77. The van der Waals surface area contributed by atoms with Gasteiger partial charge < -0.3 is 16.8 Å². The van der Waals surface area contributed by atoms with Gasteiger partial charge in [-0.05, 0) is 72.5 Å². The number of carbonyl (C=O) groups is 1. The lowest BCUT2D eigenvalue weighted by atomic mass is 10.0. The number of guanidine groups is 1. The van der Waals surface area contributed by atoms with Gasteiger partial charge in [-0.15, -0.1) is 0 Å². The van der Waals surface area contributed by atoms with Crippen LogP contribution >= 0.6 is 11.6 Å². The van der Waals surface area contributed by atoms with Crippen LogP contribution in [-0.4, -0.2) is 18.0 Å². The van der Waals surface area contributed by atoms with Gasteiger partial charge in [0.05, 0.1) is 18.3 Å². The van der Waals surface area contributed by atoms with Crippen LogP contribution in [-0.2, 0) is 12.7 Å². The number of halogens is 6. The van der Waals surface area contributed by atoms with Gasteiger partial charge in [0, 0.05) is 16.6 Å². The fraction of sp³-hybridized carbons (Fsp3) is 0.231. The Bertz CT molecular complexity index is 1310. The lowest BCUT2D eigenvalue weighted by Gasteiger charge is -2.21. The average molecular weight is 554 g/mol. The molecule has 6 N–H and O–H groups in total. The summed E-state index contributed by atoms with van der Waals surface area (Å²) in [7, 11) is 0. The number of nitrogens with zero attached hydrogens (tertiary/aromatic N) is 1. The number of nitrogens with one attached hydrogen (secondary N) is 2. The van der Waals surface area contributed by atoms with Gasteiger partial charge in [-0.1, -0.05) is 29.8 Å². The van der Waals surface area contributed by atoms with Crippen LogP contribution in [0.4, 0.5) is 22.0 Å². The zero-order valence-corrected chi connectivity index (χ0v) is 20.9. The van der Waals surface area contributed by atoms with Crippen LogP contribution in [0.15, 0.2) is 65.7 Å². The van der Waals surface area contributed by atoms with Crippen molar-refractivity contribution in [3.63, 3.8) is 0 Å². The molecule has 0 aliphatic heterocycles. The van der Waals surface area contributed by atoms with E-state index < -0.39 is 41.5 Å². The molecule has 6 nitrogen and oxygen atoms in total. The van der Waals surface area contributed by atoms with Crippen molar-refractivity contribution in [2.75, 3.05) is 0 Å². The lowest BCUT2D eigenvalue weighted by Crippen LogP contribution is -2.50. The van der Waals surface area contributed by atoms with E-state index in [9.17, 15) is 26.7 Å². The smallest absolute Gasteiger partial charge is 0.341 e. The van der Waals surface area contributed by atoms with Gasteiger partial charge in [-0.25, -0.2) is 13.8 Å². The van der Waals surface area contributed by atoms with Crippen molar-refractivity contribution in [1.82, 2.24) is 10.6 Å². The second-order valence-corrected chi connectivity index (χ2v) is 8.94. The van der Waals surface area contributed by atoms with Gasteiger partial charge in [0.15, 0.2) is 5.96 Å². The molecule has 0 aliphatic rings. The number of amides is 1. The molecule has 0 heterocycles. The second-order valence-electron chi connectivity index (χ2n) is 8.53. The molecule has 0 saturated heterocycles. The van der Waals surface area contributed by atoms with E-state index in [1.807, 2.05) is 0 Å². The van der Waals surface area contributed by atoms with Crippen molar-refractivity contribution in [3.8, 4) is 0 Å². The number of carbonyl (C=O) groups excluding carboxylic acids is 1. The Kier molecular flexibility index (Phi) is 9.42. The van der Waals surface area contributed by atoms with E-state index in [0.29, 0.717) is 16.7 Å². The molecule has 2 atom stereocenters. The number of aryl methyl sites for hydroxylation is 1. The summed E-state index contributed by atoms with van der Waals surface area (Å²) in [4.78, 5) is 17.0. The summed E-state index contributed by atoms with van der Waals surface area (Å²) in [6.07, 6.45) is -5.32. The molecule has 3 aromatic rings. The van der Waals surface area contributed by atoms with E-state index >= 15 is 0 Å². The molecule has 3 rings (SSSR count). The Labute approximate surface area is 220 Å². The van der Waals surface area contributed by atoms with E-state index in [1.165, 1.54) is 18.2 Å². The molecule has 2 unspecified atom stereocenters. The molecule has 3 aromatic carbocycles. The molecule has 0 bridgehead atoms. The molecule has 0 radical (unpaired) electrons. The number of nitrogens with two attached hydrogens (primary N) is 2. The lowest BCUT2D eigenvalue weighted by molar-refractivity contribution is -0.137. The predicted molar refractivity (Wildman–Crippen MR) is 135 cm³/mol. The summed E-state index contributed by atoms with van der Waals surface area (Å²) in [6.45, 7) is 1.53. The maximum Gasteiger partial charge on any atom is 0.416 e. The first-order valence-corrected chi connectivity index (χ1v) is 11.7. The fourth-order valence-corrected chi connectivity index (χ4v) is 3.64. The van der Waals surface area contributed by atoms with Crippen molar-refractivity contribution < 1.29 is 26.7 Å². The number of hydrogen-bond acceptors (Lipinski definition) is 4. The van der Waals surface area contributed by atoms with Crippen LogP contribution in [0.1, 0.15) is 45.1 Å². The van der Waals surface area contributed by atoms with Gasteiger partial charge in [0.2, 0.25) is 0 Å². The summed E-state index contributed by atoms with van der Waals surface area (Å²) in [5.74, 6) is -1.83. The first-order chi connectivity index (χ1) is 17.8. The molecule has 0 aromatic heterocycles. The zero-order valence-electron chi connectivity index (χ0n) is 20.1. The van der Waals surface area contributed by atoms with Crippen molar-refractivity contribution in [3.05, 3.63) is 105 Å². The quantitative estimate of drug-likeness (QED) is 0.140. The third-order valence-corrected chi connectivity index (χ3v) is 5.93. The van der Waals surface area contributed by atoms with Gasteiger partial charge in [-0.3, -0.25) is 10.1 Å². The monoisotopic (exact) mass is 553 g/mol. The van der Waals surface area contributed by atoms with E-state index in [-0.39, 0.29) is 29.5 Å². The van der Waals surface area contributed by atoms with Crippen molar-refractivity contribution in [2.45, 2.75) is 38.3 Å². The van der Waals surface area contributed by atoms with E-state index in [0.717, 1.165) is 30.3 Å². The van der Waals surface area contributed by atoms with Crippen molar-refractivity contribution in [2.24, 2.45) is 16.5 Å². The van der Waals surface area contributed by atoms with E-state index in [2.05, 4.69) is 15.6 Å². The summed E-state index contributed by atoms with van der Waals surface area (Å²) < 4.78 is 65.9. The molecule has 202 valence electrons. The molecule has 0 spiro atoms. The third kappa shape index (κ3) is 7.98. The zero-order chi connectivity index (χ0) is 28.0. The fourth-order valence-electron chi connectivity index (χ4n) is 3.41. The maximum absolute atomic E-state index is 13.9. The van der Waals surface area contributed by atoms with Gasteiger partial charge in [-0.2, -0.15) is 13.2 Å². The molecule has 1 amide bonds. The van der Waals surface area contributed by atoms with Gasteiger partial charge >= 0.3 is 6.18 Å². The first kappa shape index (κ1) is 29.0. The standard InChI is InChI=1S/C26H25ClF5N5O/c1-14-2-3-16(10-21(14)29)22(33)12-23(34)36-25(35-13-17-6-9-19(28)11-20(17)27)37-24(38)15-4-7-18(8-5-15)26(30,31)32/h2-11,22-23H,12-13,33-34H2,1H3,(H2,35,36,37,38). The SMILES string of the molecule is Cc1ccc(C(N)CC(N)NC(=NCc2ccc(F)cc2Cl)NC(=O)c2ccc(C(F)(F)F)cc2)cc1F. The number of rotatable bonds is 7. The Morgan fingerprint density at radius 1 is 1.03 bits per heavy atom. The average Bonchev–Trinajstić information content (AvgIpc) is 2.84. The van der Waals surface area contributed by atoms with Crippen LogP contribution in [0.5, 0.6) is 0 Å². The second kappa shape index (κ2) is 12.3. The molecular weight excluding hydrogens is 529 g/mol. The third-order valence-electron chi connectivity index (χ3n) is 5.58. The number of benzene rings is 3. The number of aliphatic imine (C=N–C) groups is 1. The van der Waals surface area contributed by atoms with Crippen molar-refractivity contribution >= 4 is 23.5 Å². The molecular formula is C26H25ClF5N5O. The minimum absolute atomic E-state index is 0.0623. The molecule has 0 fully saturated rings. The highest BCUT2D eigenvalue weighted by molar-refractivity contribution is 6.31. The van der Waals surface area contributed by atoms with Crippen LogP contribution in [0, 0.1) is 18.6 Å². The van der Waals surface area contributed by atoms with Crippen LogP contribution in [0.2, 0.25) is 5.02 Å². The Morgan fingerprint density at radius 2 is 1.71 bits per heavy atom. The first-order valence-electron chi connectivity index (χ1n) is 11.3. The highest BCUT2D eigenvalue weighted by Gasteiger charge is 2.30. The normalized spacial score (nSPS) is 13.7. The molecule has 0 saturated carbocycles. The van der Waals surface area contributed by atoms with Gasteiger partial charge in [0.1, 0.15) is 11.6 Å². The largest absolute Gasteiger partial charge is 0.416 e. The van der Waals surface area contributed by atoms with E-state index in [4.69, 9.17) is 23.1 Å². The van der Waals surface area contributed by atoms with Crippen LogP contribution < -0.4 is 22.1 Å². The summed E-state index contributed by atoms with van der Waals surface area (Å²) in [5.41, 5.74) is 12.8. The molecule has 0 aliphatic carbocycles. The minimum atomic E-state index is -4.55. The van der Waals surface area contributed by atoms with Crippen LogP contribution in [0.3, 0.4) is 0 Å². The minimum Gasteiger partial charge on any atom is -0.341 e. The van der Waals surface area contributed by atoms with Crippen LogP contribution in [0.25, 0.3) is 0 Å². The summed E-state index contributed by atoms with van der Waals surface area (Å²) in [6, 6.07) is 11.2. The molecule has 38 heavy (non-hydrogen) atoms. The highest BCUT2D eigenvalue weighted by Crippen LogP contribution is 2.29. The van der Waals surface area contributed by atoms with Gasteiger partial charge in [0.25, 0.3) is 5.91 Å². The Morgan fingerprint density at radius 3 is 2.32 bits per heavy atom. The predicted octanol–water partition coefficient (Wildman–Crippen LogP) is 5.20.